The molecule has 0 spiro atoms. The standard InChI is InChI=1S/C17H22ClFO4/c1-3-4-5-7-12(2)22-15(20)10-11-16(21)23-17-13(18)8-6-9-14(17)19/h6,8-9,12H,3-5,7,10-11H2,1-2H3. The van der Waals surface area contributed by atoms with Crippen molar-refractivity contribution in [3.63, 3.8) is 0 Å². The molecule has 4 nitrogen and oxygen atoms in total. The van der Waals surface area contributed by atoms with Crippen molar-refractivity contribution in [1.82, 2.24) is 0 Å². The number of ether oxygens (including phenoxy) is 2. The van der Waals surface area contributed by atoms with Crippen molar-refractivity contribution < 1.29 is 23.5 Å². The Labute approximate surface area is 140 Å². The van der Waals surface area contributed by atoms with Crippen molar-refractivity contribution in [3.8, 4) is 5.75 Å². The van der Waals surface area contributed by atoms with E-state index in [9.17, 15) is 14.0 Å². The van der Waals surface area contributed by atoms with Gasteiger partial charge in [0.25, 0.3) is 0 Å². The fraction of sp³-hybridized carbons (Fsp3) is 0.529. The Morgan fingerprint density at radius 3 is 2.57 bits per heavy atom. The van der Waals surface area contributed by atoms with E-state index >= 15 is 0 Å². The molecule has 0 bridgehead atoms. The predicted molar refractivity (Wildman–Crippen MR) is 86.0 cm³/mol. The van der Waals surface area contributed by atoms with E-state index in [2.05, 4.69) is 6.92 Å². The Bertz CT molecular complexity index is 513. The highest BCUT2D eigenvalue weighted by molar-refractivity contribution is 6.32. The Hall–Kier alpha value is -1.62. The molecule has 1 aromatic rings. The van der Waals surface area contributed by atoms with Gasteiger partial charge in [0.15, 0.2) is 11.6 Å². The lowest BCUT2D eigenvalue weighted by Crippen LogP contribution is -2.17. The average molecular weight is 345 g/mol. The van der Waals surface area contributed by atoms with Gasteiger partial charge in [0.05, 0.1) is 24.0 Å². The van der Waals surface area contributed by atoms with Crippen LogP contribution in [0.4, 0.5) is 4.39 Å². The minimum Gasteiger partial charge on any atom is -0.463 e. The van der Waals surface area contributed by atoms with Crippen LogP contribution in [-0.4, -0.2) is 18.0 Å². The summed E-state index contributed by atoms with van der Waals surface area (Å²) in [5.74, 6) is -2.24. The fourth-order valence-corrected chi connectivity index (χ4v) is 2.17. The number of rotatable bonds is 9. The molecular formula is C17H22ClFO4. The largest absolute Gasteiger partial charge is 0.463 e. The lowest BCUT2D eigenvalue weighted by Gasteiger charge is -2.13. The Morgan fingerprint density at radius 1 is 1.22 bits per heavy atom. The molecule has 0 aromatic heterocycles. The van der Waals surface area contributed by atoms with Crippen molar-refractivity contribution >= 4 is 23.5 Å². The van der Waals surface area contributed by atoms with Crippen LogP contribution in [-0.2, 0) is 14.3 Å². The number of halogens is 2. The van der Waals surface area contributed by atoms with Gasteiger partial charge in [-0.1, -0.05) is 37.4 Å². The maximum absolute atomic E-state index is 13.5. The van der Waals surface area contributed by atoms with Gasteiger partial charge in [-0.3, -0.25) is 9.59 Å². The summed E-state index contributed by atoms with van der Waals surface area (Å²) in [6, 6.07) is 3.96. The second kappa shape index (κ2) is 10.2. The SMILES string of the molecule is CCCCCC(C)OC(=O)CCC(=O)Oc1c(F)cccc1Cl. The molecule has 0 heterocycles. The lowest BCUT2D eigenvalue weighted by atomic mass is 10.1. The van der Waals surface area contributed by atoms with Crippen LogP contribution < -0.4 is 4.74 Å². The van der Waals surface area contributed by atoms with Gasteiger partial charge in [-0.05, 0) is 31.9 Å². The summed E-state index contributed by atoms with van der Waals surface area (Å²) in [6.07, 6.45) is 3.52. The van der Waals surface area contributed by atoms with Gasteiger partial charge in [0.2, 0.25) is 0 Å². The number of hydrogen-bond acceptors (Lipinski definition) is 4. The third-order valence-electron chi connectivity index (χ3n) is 3.21. The first-order valence-corrected chi connectivity index (χ1v) is 8.16. The van der Waals surface area contributed by atoms with Crippen LogP contribution in [0.2, 0.25) is 5.02 Å². The summed E-state index contributed by atoms with van der Waals surface area (Å²) >= 11 is 5.76. The molecular weight excluding hydrogens is 323 g/mol. The summed E-state index contributed by atoms with van der Waals surface area (Å²) < 4.78 is 23.5. The smallest absolute Gasteiger partial charge is 0.311 e. The van der Waals surface area contributed by atoms with E-state index < -0.39 is 17.8 Å². The van der Waals surface area contributed by atoms with Crippen LogP contribution in [0.5, 0.6) is 5.75 Å². The summed E-state index contributed by atoms with van der Waals surface area (Å²) in [5.41, 5.74) is 0. The molecule has 1 atom stereocenters. The normalized spacial score (nSPS) is 11.8. The molecule has 0 radical (unpaired) electrons. The van der Waals surface area contributed by atoms with Gasteiger partial charge in [-0.25, -0.2) is 4.39 Å². The highest BCUT2D eigenvalue weighted by Crippen LogP contribution is 2.27. The fourth-order valence-electron chi connectivity index (χ4n) is 1.97. The molecule has 0 amide bonds. The number of hydrogen-bond donors (Lipinski definition) is 0. The molecule has 23 heavy (non-hydrogen) atoms. The number of unbranched alkanes of at least 4 members (excludes halogenated alkanes) is 2. The Morgan fingerprint density at radius 2 is 1.91 bits per heavy atom. The van der Waals surface area contributed by atoms with Crippen LogP contribution in [0.1, 0.15) is 52.4 Å². The lowest BCUT2D eigenvalue weighted by molar-refractivity contribution is -0.151. The third kappa shape index (κ3) is 7.46. The molecule has 6 heteroatoms. The molecule has 0 aliphatic carbocycles. The van der Waals surface area contributed by atoms with Crippen molar-refractivity contribution in [3.05, 3.63) is 29.0 Å². The Balaban J connectivity index is 2.34. The minimum absolute atomic E-state index is 0.00507. The van der Waals surface area contributed by atoms with Gasteiger partial charge in [0.1, 0.15) is 0 Å². The number of para-hydroxylation sites is 1. The van der Waals surface area contributed by atoms with E-state index in [1.165, 1.54) is 12.1 Å². The molecule has 1 rings (SSSR count). The van der Waals surface area contributed by atoms with E-state index in [-0.39, 0.29) is 29.7 Å². The van der Waals surface area contributed by atoms with Crippen molar-refractivity contribution in [1.29, 1.82) is 0 Å². The van der Waals surface area contributed by atoms with Gasteiger partial charge < -0.3 is 9.47 Å². The second-order valence-corrected chi connectivity index (χ2v) is 5.73. The first kappa shape index (κ1) is 19.4. The quantitative estimate of drug-likeness (QED) is 0.371. The summed E-state index contributed by atoms with van der Waals surface area (Å²) in [5, 5.41) is 0.00507. The average Bonchev–Trinajstić information content (AvgIpc) is 2.49. The van der Waals surface area contributed by atoms with Crippen LogP contribution >= 0.6 is 11.6 Å². The van der Waals surface area contributed by atoms with Gasteiger partial charge >= 0.3 is 11.9 Å². The summed E-state index contributed by atoms with van der Waals surface area (Å²) in [4.78, 5) is 23.3. The van der Waals surface area contributed by atoms with Crippen molar-refractivity contribution in [2.75, 3.05) is 0 Å². The molecule has 1 aromatic carbocycles. The molecule has 0 N–H and O–H groups in total. The second-order valence-electron chi connectivity index (χ2n) is 5.32. The van der Waals surface area contributed by atoms with Crippen LogP contribution in [0, 0.1) is 5.82 Å². The molecule has 1 unspecified atom stereocenters. The topological polar surface area (TPSA) is 52.6 Å². The molecule has 0 saturated carbocycles. The zero-order valence-corrected chi connectivity index (χ0v) is 14.2. The van der Waals surface area contributed by atoms with E-state index in [1.54, 1.807) is 0 Å². The van der Waals surface area contributed by atoms with E-state index in [4.69, 9.17) is 21.1 Å². The van der Waals surface area contributed by atoms with Crippen molar-refractivity contribution in [2.45, 2.75) is 58.5 Å². The van der Waals surface area contributed by atoms with Crippen LogP contribution in [0.3, 0.4) is 0 Å². The highest BCUT2D eigenvalue weighted by atomic mass is 35.5. The number of carbonyl (C=O) groups excluding carboxylic acids is 2. The van der Waals surface area contributed by atoms with Gasteiger partial charge in [-0.15, -0.1) is 0 Å². The predicted octanol–water partition coefficient (Wildman–Crippen LogP) is 4.68. The van der Waals surface area contributed by atoms with E-state index in [0.717, 1.165) is 31.7 Å². The van der Waals surface area contributed by atoms with Crippen molar-refractivity contribution in [2.24, 2.45) is 0 Å². The monoisotopic (exact) mass is 344 g/mol. The number of esters is 2. The van der Waals surface area contributed by atoms with Crippen LogP contribution in [0.25, 0.3) is 0 Å². The first-order chi connectivity index (χ1) is 10.9. The first-order valence-electron chi connectivity index (χ1n) is 7.78. The van der Waals surface area contributed by atoms with E-state index in [1.807, 2.05) is 6.92 Å². The molecule has 128 valence electrons. The Kier molecular flexibility index (Phi) is 8.62. The molecule has 0 aliphatic heterocycles. The van der Waals surface area contributed by atoms with Gasteiger partial charge in [-0.2, -0.15) is 0 Å². The third-order valence-corrected chi connectivity index (χ3v) is 3.51. The summed E-state index contributed by atoms with van der Waals surface area (Å²) in [6.45, 7) is 3.93. The minimum atomic E-state index is -0.729. The van der Waals surface area contributed by atoms with E-state index in [0.29, 0.717) is 0 Å². The zero-order valence-electron chi connectivity index (χ0n) is 13.4. The van der Waals surface area contributed by atoms with Gasteiger partial charge in [0, 0.05) is 0 Å². The number of carbonyl (C=O) groups is 2. The number of benzene rings is 1. The molecule has 0 fully saturated rings. The maximum Gasteiger partial charge on any atom is 0.311 e. The zero-order chi connectivity index (χ0) is 17.2. The van der Waals surface area contributed by atoms with Crippen LogP contribution in [0.15, 0.2) is 18.2 Å². The summed E-state index contributed by atoms with van der Waals surface area (Å²) in [7, 11) is 0. The molecule has 0 aliphatic rings. The maximum atomic E-state index is 13.5. The highest BCUT2D eigenvalue weighted by Gasteiger charge is 2.16. The molecule has 0 saturated heterocycles.